The number of alkyl halides is 9. The highest BCUT2D eigenvalue weighted by Crippen LogP contribution is 2.42. The Hall–Kier alpha value is -3.94. The molecule has 4 heterocycles. The maximum Gasteiger partial charge on any atom is 0.490 e. The lowest BCUT2D eigenvalue weighted by atomic mass is 9.72. The zero-order valence-corrected chi connectivity index (χ0v) is 27.8. The molecule has 4 rings (SSSR count). The van der Waals surface area contributed by atoms with Gasteiger partial charge < -0.3 is 24.8 Å². The number of piperidine rings is 1. The second kappa shape index (κ2) is 17.8. The van der Waals surface area contributed by atoms with Crippen molar-refractivity contribution in [3.05, 3.63) is 47.3 Å². The fourth-order valence-electron chi connectivity index (χ4n) is 5.53. The van der Waals surface area contributed by atoms with Crippen molar-refractivity contribution < 1.29 is 69.2 Å². The lowest BCUT2D eigenvalue weighted by Gasteiger charge is -2.47. The lowest BCUT2D eigenvalue weighted by molar-refractivity contribution is -0.193. The largest absolute Gasteiger partial charge is 0.490 e. The van der Waals surface area contributed by atoms with Crippen molar-refractivity contribution in [3.8, 4) is 0 Å². The Kier molecular flexibility index (Phi) is 15.7. The summed E-state index contributed by atoms with van der Waals surface area (Å²) in [5.41, 5.74) is 4.18. The summed E-state index contributed by atoms with van der Waals surface area (Å²) in [6, 6.07) is 6.69. The molecule has 0 radical (unpaired) electrons. The molecular weight excluding hydrogens is 697 g/mol. The van der Waals surface area contributed by atoms with Crippen LogP contribution in [0.4, 0.5) is 39.5 Å². The first kappa shape index (κ1) is 44.1. The summed E-state index contributed by atoms with van der Waals surface area (Å²) >= 11 is 0. The molecule has 2 aromatic heterocycles. The molecule has 3 N–H and O–H groups in total. The molecule has 0 amide bonds. The van der Waals surface area contributed by atoms with Gasteiger partial charge in [-0.2, -0.15) is 39.5 Å². The summed E-state index contributed by atoms with van der Waals surface area (Å²) in [5, 5.41) is 21.4. The highest BCUT2D eigenvalue weighted by atomic mass is 19.4. The number of pyridine rings is 1. The van der Waals surface area contributed by atoms with Crippen LogP contribution in [0.5, 0.6) is 0 Å². The van der Waals surface area contributed by atoms with Crippen molar-refractivity contribution >= 4 is 17.9 Å². The molecule has 50 heavy (non-hydrogen) atoms. The Labute approximate surface area is 281 Å². The minimum Gasteiger partial charge on any atom is -0.475 e. The molecule has 11 nitrogen and oxygen atoms in total. The first-order chi connectivity index (χ1) is 22.7. The zero-order valence-electron chi connectivity index (χ0n) is 27.8. The number of rotatable bonds is 5. The molecule has 1 fully saturated rings. The van der Waals surface area contributed by atoms with Crippen LogP contribution in [0.1, 0.15) is 69.5 Å². The summed E-state index contributed by atoms with van der Waals surface area (Å²) in [5.74, 6) is -6.37. The summed E-state index contributed by atoms with van der Waals surface area (Å²) in [6.07, 6.45) is -10.9. The average molecular weight is 738 g/mol. The molecule has 2 aliphatic rings. The third-order valence-electron chi connectivity index (χ3n) is 7.38. The van der Waals surface area contributed by atoms with Gasteiger partial charge in [-0.3, -0.25) is 9.88 Å². The van der Waals surface area contributed by atoms with E-state index >= 15 is 0 Å². The number of aliphatic carboxylic acids is 3. The van der Waals surface area contributed by atoms with Crippen LogP contribution in [0.25, 0.3) is 0 Å². The normalized spacial score (nSPS) is 16.3. The predicted octanol–water partition coefficient (Wildman–Crippen LogP) is 6.07. The van der Waals surface area contributed by atoms with E-state index in [1.165, 1.54) is 49.7 Å². The minimum atomic E-state index is -5.08. The quantitative estimate of drug-likeness (QED) is 0.309. The zero-order chi connectivity index (χ0) is 38.8. The van der Waals surface area contributed by atoms with Crippen molar-refractivity contribution in [2.24, 2.45) is 5.92 Å². The number of fused-ring (bicyclic) bond motifs is 2. The summed E-state index contributed by atoms with van der Waals surface area (Å²) in [7, 11) is 0. The van der Waals surface area contributed by atoms with Crippen LogP contribution in [0, 0.1) is 12.8 Å². The van der Waals surface area contributed by atoms with Crippen LogP contribution in [-0.2, 0) is 32.9 Å². The van der Waals surface area contributed by atoms with Gasteiger partial charge in [-0.05, 0) is 64.8 Å². The lowest BCUT2D eigenvalue weighted by Crippen LogP contribution is -2.52. The number of carboxylic acid groups (broad SMARTS) is 3. The average Bonchev–Trinajstić information content (AvgIpc) is 3.31. The Balaban J connectivity index is 0.000000486. The van der Waals surface area contributed by atoms with Crippen molar-refractivity contribution in [2.45, 2.75) is 90.5 Å². The molecule has 1 saturated heterocycles. The second-order valence-corrected chi connectivity index (χ2v) is 12.3. The fourth-order valence-corrected chi connectivity index (χ4v) is 5.53. The van der Waals surface area contributed by atoms with E-state index in [-0.39, 0.29) is 5.41 Å². The number of imidazole rings is 1. The molecule has 2 aliphatic heterocycles. The van der Waals surface area contributed by atoms with Gasteiger partial charge in [0, 0.05) is 43.8 Å². The maximum atomic E-state index is 10.6. The highest BCUT2D eigenvalue weighted by Gasteiger charge is 2.45. The fraction of sp³-hybridized carbons (Fsp3) is 0.633. The Morgan fingerprint density at radius 3 is 1.64 bits per heavy atom. The number of hydrogen-bond acceptors (Lipinski definition) is 7. The van der Waals surface area contributed by atoms with Crippen molar-refractivity contribution in [3.63, 3.8) is 0 Å². The number of nitrogens with zero attached hydrogens (tertiary/aromatic N) is 5. The van der Waals surface area contributed by atoms with E-state index in [0.29, 0.717) is 6.04 Å². The monoisotopic (exact) mass is 737 g/mol. The van der Waals surface area contributed by atoms with Gasteiger partial charge in [-0.25, -0.2) is 19.4 Å². The molecule has 20 heteroatoms. The first-order valence-electron chi connectivity index (χ1n) is 15.0. The Morgan fingerprint density at radius 1 is 0.820 bits per heavy atom. The van der Waals surface area contributed by atoms with Gasteiger partial charge in [-0.15, -0.1) is 0 Å². The minimum absolute atomic E-state index is 0.181. The van der Waals surface area contributed by atoms with Crippen molar-refractivity contribution in [2.75, 3.05) is 26.2 Å². The van der Waals surface area contributed by atoms with Gasteiger partial charge in [0.1, 0.15) is 5.82 Å². The molecule has 1 spiro atoms. The number of carboxylic acids is 3. The van der Waals surface area contributed by atoms with Crippen LogP contribution in [-0.4, -0.2) is 102 Å². The Morgan fingerprint density at radius 2 is 1.28 bits per heavy atom. The van der Waals surface area contributed by atoms with Crippen LogP contribution in [0.2, 0.25) is 0 Å². The predicted molar refractivity (Wildman–Crippen MR) is 159 cm³/mol. The van der Waals surface area contributed by atoms with Crippen LogP contribution < -0.4 is 0 Å². The topological polar surface area (TPSA) is 149 Å². The van der Waals surface area contributed by atoms with Crippen molar-refractivity contribution in [1.82, 2.24) is 24.3 Å². The van der Waals surface area contributed by atoms with Crippen LogP contribution in [0.3, 0.4) is 0 Å². The maximum absolute atomic E-state index is 10.6. The number of aromatic nitrogens is 3. The van der Waals surface area contributed by atoms with E-state index in [1.807, 2.05) is 12.3 Å². The number of aryl methyl sites for hydroxylation is 1. The van der Waals surface area contributed by atoms with E-state index in [9.17, 15) is 39.5 Å². The van der Waals surface area contributed by atoms with Gasteiger partial charge in [0.25, 0.3) is 0 Å². The van der Waals surface area contributed by atoms with E-state index in [0.717, 1.165) is 31.2 Å². The number of likely N-dealkylation sites (tertiary alicyclic amines) is 1. The standard InChI is InChI=1S/C24H37N5.3C2HF3O2/c1-18(2)14-27-12-9-24(10-13-27)17-28(15-21-8-6-7-11-25-21)16-22-23(24)26-20(5)29(22)19(3)4;3*3-2(4,5)1(6)7/h6-8,11,18-19H,9-10,12-17H2,1-5H3;3*(H,6,7). The first-order valence-corrected chi connectivity index (χ1v) is 15.0. The van der Waals surface area contributed by atoms with Gasteiger partial charge >= 0.3 is 36.4 Å². The van der Waals surface area contributed by atoms with Gasteiger partial charge in [0.2, 0.25) is 0 Å². The van der Waals surface area contributed by atoms with Crippen LogP contribution >= 0.6 is 0 Å². The van der Waals surface area contributed by atoms with E-state index in [4.69, 9.17) is 34.7 Å². The molecule has 2 aromatic rings. The highest BCUT2D eigenvalue weighted by molar-refractivity contribution is 5.73. The smallest absolute Gasteiger partial charge is 0.475 e. The third-order valence-corrected chi connectivity index (χ3v) is 7.38. The third kappa shape index (κ3) is 13.8. The van der Waals surface area contributed by atoms with Gasteiger partial charge in [-0.1, -0.05) is 19.9 Å². The summed E-state index contributed by atoms with van der Waals surface area (Å²) < 4.78 is 97.7. The molecular formula is C30H40F9N5O6. The SMILES string of the molecule is Cc1nc2c(n1C(C)C)CN(Cc1ccccn1)CC21CCN(CC(C)C)CC1.O=C(O)C(F)(F)F.O=C(O)C(F)(F)F.O=C(O)C(F)(F)F. The number of carbonyl (C=O) groups is 3. The molecule has 0 saturated carbocycles. The van der Waals surface area contributed by atoms with E-state index in [1.54, 1.807) is 0 Å². The van der Waals surface area contributed by atoms with Crippen LogP contribution in [0.15, 0.2) is 24.4 Å². The number of halogens is 9. The molecule has 0 aliphatic carbocycles. The van der Waals surface area contributed by atoms with E-state index in [2.05, 4.69) is 66.1 Å². The van der Waals surface area contributed by atoms with Gasteiger partial charge in [0.15, 0.2) is 0 Å². The van der Waals surface area contributed by atoms with Crippen molar-refractivity contribution in [1.29, 1.82) is 0 Å². The Bertz CT molecular complexity index is 1350. The molecule has 0 atom stereocenters. The second-order valence-electron chi connectivity index (χ2n) is 12.3. The molecule has 0 bridgehead atoms. The van der Waals surface area contributed by atoms with E-state index < -0.39 is 36.4 Å². The summed E-state index contributed by atoms with van der Waals surface area (Å²) in [4.78, 5) is 41.7. The number of hydrogen-bond donors (Lipinski definition) is 3. The molecule has 0 unspecified atom stereocenters. The molecule has 0 aromatic carbocycles. The summed E-state index contributed by atoms with van der Waals surface area (Å²) in [6.45, 7) is 18.0. The molecule has 284 valence electrons. The van der Waals surface area contributed by atoms with Gasteiger partial charge in [0.05, 0.1) is 17.1 Å².